The molecule has 0 atom stereocenters. The van der Waals surface area contributed by atoms with E-state index in [1.54, 1.807) is 19.3 Å². The van der Waals surface area contributed by atoms with E-state index in [-0.39, 0.29) is 5.78 Å². The number of rotatable bonds is 6. The first kappa shape index (κ1) is 11.6. The largest absolute Gasteiger partial charge is 0.467 e. The highest BCUT2D eigenvalue weighted by Crippen LogP contribution is 2.03. The first-order valence-electron chi connectivity index (χ1n) is 4.64. The fraction of sp³-hybridized carbons (Fsp3) is 0.500. The molecule has 1 aromatic heterocycles. The topological polar surface area (TPSA) is 61.3 Å². The Bertz CT molecular complexity index is 311. The molecule has 1 aromatic rings. The van der Waals surface area contributed by atoms with Gasteiger partial charge in [-0.15, -0.1) is 0 Å². The summed E-state index contributed by atoms with van der Waals surface area (Å²) >= 11 is 0. The van der Waals surface area contributed by atoms with Crippen LogP contribution < -0.4 is 4.74 Å². The van der Waals surface area contributed by atoms with Crippen LogP contribution in [0.2, 0.25) is 0 Å². The van der Waals surface area contributed by atoms with E-state index in [2.05, 4.69) is 9.97 Å². The second kappa shape index (κ2) is 6.08. The summed E-state index contributed by atoms with van der Waals surface area (Å²) in [5.74, 6) is 0.126. The predicted molar refractivity (Wildman–Crippen MR) is 53.5 cm³/mol. The first-order chi connectivity index (χ1) is 7.22. The van der Waals surface area contributed by atoms with Crippen LogP contribution in [-0.4, -0.2) is 29.5 Å². The van der Waals surface area contributed by atoms with Crippen molar-refractivity contribution in [3.63, 3.8) is 0 Å². The normalized spacial score (nSPS) is 10.0. The van der Waals surface area contributed by atoms with E-state index in [1.807, 2.05) is 0 Å². The van der Waals surface area contributed by atoms with Gasteiger partial charge in [0.15, 0.2) is 0 Å². The molecule has 0 fully saturated rings. The Morgan fingerprint density at radius 3 is 2.60 bits per heavy atom. The summed E-state index contributed by atoms with van der Waals surface area (Å²) < 4.78 is 10.1. The minimum atomic E-state index is 0.126. The number of Topliss-reactive ketones (excluding diaryl/α,β-unsaturated/α-hetero) is 1. The maximum atomic E-state index is 10.6. The zero-order valence-corrected chi connectivity index (χ0v) is 8.90. The number of ketones is 1. The van der Waals surface area contributed by atoms with Crippen molar-refractivity contribution in [2.75, 3.05) is 13.7 Å². The second-order valence-corrected chi connectivity index (χ2v) is 3.08. The molecule has 0 radical (unpaired) electrons. The molecule has 1 heterocycles. The molecule has 5 nitrogen and oxygen atoms in total. The predicted octanol–water partition coefficient (Wildman–Crippen LogP) is 0.981. The fourth-order valence-electron chi connectivity index (χ4n) is 0.929. The number of hydrogen-bond acceptors (Lipinski definition) is 5. The molecular formula is C10H14N2O3. The Morgan fingerprint density at radius 1 is 1.40 bits per heavy atom. The molecule has 0 aliphatic rings. The third-order valence-electron chi connectivity index (χ3n) is 1.73. The van der Waals surface area contributed by atoms with Gasteiger partial charge in [-0.2, -0.15) is 0 Å². The lowest BCUT2D eigenvalue weighted by Gasteiger charge is -2.02. The molecule has 5 heteroatoms. The van der Waals surface area contributed by atoms with E-state index >= 15 is 0 Å². The number of hydrogen-bond donors (Lipinski definition) is 0. The van der Waals surface area contributed by atoms with Gasteiger partial charge in [-0.1, -0.05) is 0 Å². The average molecular weight is 210 g/mol. The van der Waals surface area contributed by atoms with Crippen LogP contribution in [0.5, 0.6) is 6.01 Å². The number of nitrogens with zero attached hydrogens (tertiary/aromatic N) is 2. The van der Waals surface area contributed by atoms with E-state index in [0.29, 0.717) is 25.6 Å². The van der Waals surface area contributed by atoms with Gasteiger partial charge in [0.1, 0.15) is 5.78 Å². The molecule has 0 spiro atoms. The van der Waals surface area contributed by atoms with Crippen molar-refractivity contribution in [1.29, 1.82) is 0 Å². The Balaban J connectivity index is 2.28. The van der Waals surface area contributed by atoms with Crippen LogP contribution in [0.4, 0.5) is 0 Å². The van der Waals surface area contributed by atoms with Crippen LogP contribution in [0.25, 0.3) is 0 Å². The zero-order chi connectivity index (χ0) is 11.1. The van der Waals surface area contributed by atoms with Crippen molar-refractivity contribution >= 4 is 5.78 Å². The summed E-state index contributed by atoms with van der Waals surface area (Å²) in [6.07, 6.45) is 3.72. The number of aromatic nitrogens is 2. The van der Waals surface area contributed by atoms with Crippen LogP contribution >= 0.6 is 0 Å². The minimum Gasteiger partial charge on any atom is -0.467 e. The van der Waals surface area contributed by atoms with Gasteiger partial charge in [0.2, 0.25) is 0 Å². The monoisotopic (exact) mass is 210 g/mol. The van der Waals surface area contributed by atoms with E-state index < -0.39 is 0 Å². The average Bonchev–Trinajstić information content (AvgIpc) is 2.25. The molecule has 0 bridgehead atoms. The van der Waals surface area contributed by atoms with Gasteiger partial charge >= 0.3 is 6.01 Å². The van der Waals surface area contributed by atoms with Crippen molar-refractivity contribution in [3.8, 4) is 6.01 Å². The van der Waals surface area contributed by atoms with Gasteiger partial charge < -0.3 is 9.47 Å². The van der Waals surface area contributed by atoms with Crippen LogP contribution in [0.3, 0.4) is 0 Å². The van der Waals surface area contributed by atoms with Crippen molar-refractivity contribution < 1.29 is 14.3 Å². The Morgan fingerprint density at radius 2 is 2.07 bits per heavy atom. The summed E-state index contributed by atoms with van der Waals surface area (Å²) in [5, 5.41) is 0. The number of ether oxygens (including phenoxy) is 2. The zero-order valence-electron chi connectivity index (χ0n) is 8.90. The SMILES string of the molecule is COc1ncc(COCCC(C)=O)cn1. The molecular weight excluding hydrogens is 196 g/mol. The fourth-order valence-corrected chi connectivity index (χ4v) is 0.929. The number of carbonyl (C=O) groups is 1. The van der Waals surface area contributed by atoms with Gasteiger partial charge in [-0.3, -0.25) is 4.79 Å². The van der Waals surface area contributed by atoms with E-state index in [0.717, 1.165) is 5.56 Å². The highest BCUT2D eigenvalue weighted by Gasteiger charge is 1.98. The van der Waals surface area contributed by atoms with Gasteiger partial charge in [0.05, 0.1) is 20.3 Å². The highest BCUT2D eigenvalue weighted by atomic mass is 16.5. The van der Waals surface area contributed by atoms with Crippen LogP contribution in [-0.2, 0) is 16.1 Å². The molecule has 1 rings (SSSR count). The molecule has 0 unspecified atom stereocenters. The maximum Gasteiger partial charge on any atom is 0.316 e. The summed E-state index contributed by atoms with van der Waals surface area (Å²) in [6.45, 7) is 2.39. The Kier molecular flexibility index (Phi) is 4.70. The minimum absolute atomic E-state index is 0.126. The number of carbonyl (C=O) groups excluding carboxylic acids is 1. The summed E-state index contributed by atoms with van der Waals surface area (Å²) in [5.41, 5.74) is 0.861. The standard InChI is InChI=1S/C10H14N2O3/c1-8(13)3-4-15-7-9-5-11-10(14-2)12-6-9/h5-6H,3-4,7H2,1-2H3. The van der Waals surface area contributed by atoms with E-state index in [1.165, 1.54) is 7.11 Å². The molecule has 0 saturated heterocycles. The second-order valence-electron chi connectivity index (χ2n) is 3.08. The maximum absolute atomic E-state index is 10.6. The van der Waals surface area contributed by atoms with E-state index in [9.17, 15) is 4.79 Å². The van der Waals surface area contributed by atoms with Gasteiger partial charge in [0, 0.05) is 24.4 Å². The third kappa shape index (κ3) is 4.51. The first-order valence-corrected chi connectivity index (χ1v) is 4.64. The van der Waals surface area contributed by atoms with Crippen molar-refractivity contribution in [3.05, 3.63) is 18.0 Å². The van der Waals surface area contributed by atoms with Crippen molar-refractivity contribution in [1.82, 2.24) is 9.97 Å². The third-order valence-corrected chi connectivity index (χ3v) is 1.73. The lowest BCUT2D eigenvalue weighted by molar-refractivity contribution is -0.118. The highest BCUT2D eigenvalue weighted by molar-refractivity contribution is 5.75. The van der Waals surface area contributed by atoms with Gasteiger partial charge in [-0.05, 0) is 6.92 Å². The van der Waals surface area contributed by atoms with Gasteiger partial charge in [-0.25, -0.2) is 9.97 Å². The van der Waals surface area contributed by atoms with Crippen LogP contribution in [0, 0.1) is 0 Å². The Labute approximate surface area is 88.4 Å². The molecule has 0 saturated carbocycles. The number of methoxy groups -OCH3 is 1. The molecule has 0 aliphatic carbocycles. The molecule has 15 heavy (non-hydrogen) atoms. The quantitative estimate of drug-likeness (QED) is 0.655. The molecule has 82 valence electrons. The molecule has 0 aromatic carbocycles. The lowest BCUT2D eigenvalue weighted by Crippen LogP contribution is -2.01. The van der Waals surface area contributed by atoms with Crippen molar-refractivity contribution in [2.45, 2.75) is 20.0 Å². The van der Waals surface area contributed by atoms with Crippen LogP contribution in [0.1, 0.15) is 18.9 Å². The summed E-state index contributed by atoms with van der Waals surface area (Å²) in [6, 6.07) is 0.336. The molecule has 0 amide bonds. The Hall–Kier alpha value is -1.49. The lowest BCUT2D eigenvalue weighted by atomic mass is 10.3. The molecule has 0 N–H and O–H groups in total. The summed E-state index contributed by atoms with van der Waals surface area (Å²) in [4.78, 5) is 18.5. The smallest absolute Gasteiger partial charge is 0.316 e. The summed E-state index contributed by atoms with van der Waals surface area (Å²) in [7, 11) is 1.51. The molecule has 0 aliphatic heterocycles. The van der Waals surface area contributed by atoms with E-state index in [4.69, 9.17) is 9.47 Å². The van der Waals surface area contributed by atoms with Crippen molar-refractivity contribution in [2.24, 2.45) is 0 Å². The van der Waals surface area contributed by atoms with Gasteiger partial charge in [0.25, 0.3) is 0 Å². The van der Waals surface area contributed by atoms with Crippen LogP contribution in [0.15, 0.2) is 12.4 Å².